The number of ether oxygens (including phenoxy) is 3. The molecule has 0 atom stereocenters. The summed E-state index contributed by atoms with van der Waals surface area (Å²) in [5.41, 5.74) is 0. The topological polar surface area (TPSA) is 27.7 Å². The number of hydrogen-bond donors (Lipinski definition) is 0. The second-order valence-electron chi connectivity index (χ2n) is 6.84. The average molecular weight is 437 g/mol. The number of unbranched alkanes of at least 4 members (excludes halogenated alkanes) is 6. The van der Waals surface area contributed by atoms with Crippen molar-refractivity contribution in [3.8, 4) is 17.2 Å². The maximum atomic E-state index is 5.95. The van der Waals surface area contributed by atoms with Crippen molar-refractivity contribution in [1.29, 1.82) is 0 Å². The first-order valence-corrected chi connectivity index (χ1v) is 11.3. The summed E-state index contributed by atoms with van der Waals surface area (Å²) in [6.07, 6.45) is 9.65. The van der Waals surface area contributed by atoms with E-state index in [4.69, 9.17) is 14.2 Å². The van der Waals surface area contributed by atoms with Gasteiger partial charge in [0, 0.05) is 10.7 Å². The van der Waals surface area contributed by atoms with Gasteiger partial charge in [0.2, 0.25) is 0 Å². The molecule has 0 aliphatic rings. The van der Waals surface area contributed by atoms with Crippen LogP contribution >= 0.6 is 15.9 Å². The predicted octanol–water partition coefficient (Wildman–Crippen LogP) is 7.14. The van der Waals surface area contributed by atoms with Gasteiger partial charge in [0.05, 0.1) is 20.3 Å². The van der Waals surface area contributed by atoms with Crippen LogP contribution < -0.4 is 14.2 Å². The summed E-state index contributed by atoms with van der Waals surface area (Å²) >= 11 is 3.46. The van der Waals surface area contributed by atoms with Crippen LogP contribution in [0, 0.1) is 0 Å². The molecule has 0 spiro atoms. The fourth-order valence-electron chi connectivity index (χ4n) is 3.12. The van der Waals surface area contributed by atoms with Crippen molar-refractivity contribution in [2.24, 2.45) is 0 Å². The minimum Gasteiger partial charge on any atom is -0.494 e. The number of halogens is 1. The van der Waals surface area contributed by atoms with Gasteiger partial charge in [-0.1, -0.05) is 54.6 Å². The average Bonchev–Trinajstić information content (AvgIpc) is 2.70. The summed E-state index contributed by atoms with van der Waals surface area (Å²) in [5, 5.41) is 3.22. The van der Waals surface area contributed by atoms with Gasteiger partial charge in [0.25, 0.3) is 0 Å². The Hall–Kier alpha value is -1.42. The number of benzene rings is 2. The Labute approximate surface area is 172 Å². The van der Waals surface area contributed by atoms with Gasteiger partial charge in [-0.25, -0.2) is 0 Å². The van der Waals surface area contributed by atoms with Gasteiger partial charge in [-0.15, -0.1) is 0 Å². The molecule has 0 fully saturated rings. The highest BCUT2D eigenvalue weighted by Gasteiger charge is 2.10. The standard InChI is InChI=1S/C23H33BrO3/c1-3-4-5-6-9-16-26-20-12-13-21-19(18-20)11-14-22(23(21)25-2)27-17-10-7-8-15-24/h11-14,18H,3-10,15-17H2,1-2H3. The van der Waals surface area contributed by atoms with E-state index in [1.54, 1.807) is 7.11 Å². The number of alkyl halides is 1. The first-order valence-electron chi connectivity index (χ1n) is 10.2. The van der Waals surface area contributed by atoms with Gasteiger partial charge >= 0.3 is 0 Å². The van der Waals surface area contributed by atoms with E-state index in [0.29, 0.717) is 6.61 Å². The number of hydrogen-bond acceptors (Lipinski definition) is 3. The molecule has 0 aliphatic carbocycles. The number of rotatable bonds is 14. The molecule has 4 heteroatoms. The Kier molecular flexibility index (Phi) is 10.4. The maximum Gasteiger partial charge on any atom is 0.168 e. The fraction of sp³-hybridized carbons (Fsp3) is 0.565. The molecule has 2 aromatic carbocycles. The lowest BCUT2D eigenvalue weighted by atomic mass is 10.1. The molecule has 0 aromatic heterocycles. The van der Waals surface area contributed by atoms with Crippen LogP contribution in [0.25, 0.3) is 10.8 Å². The minimum atomic E-state index is 0.716. The summed E-state index contributed by atoms with van der Waals surface area (Å²) in [6, 6.07) is 10.3. The first kappa shape index (κ1) is 21.9. The summed E-state index contributed by atoms with van der Waals surface area (Å²) in [7, 11) is 1.70. The Morgan fingerprint density at radius 3 is 2.30 bits per heavy atom. The van der Waals surface area contributed by atoms with E-state index >= 15 is 0 Å². The molecule has 0 amide bonds. The second-order valence-corrected chi connectivity index (χ2v) is 7.63. The third kappa shape index (κ3) is 7.25. The van der Waals surface area contributed by atoms with E-state index in [-0.39, 0.29) is 0 Å². The van der Waals surface area contributed by atoms with Gasteiger partial charge in [-0.2, -0.15) is 0 Å². The van der Waals surface area contributed by atoms with Crippen LogP contribution in [0.4, 0.5) is 0 Å². The molecule has 0 unspecified atom stereocenters. The minimum absolute atomic E-state index is 0.716. The van der Waals surface area contributed by atoms with E-state index in [9.17, 15) is 0 Å². The van der Waals surface area contributed by atoms with Crippen LogP contribution in [0.3, 0.4) is 0 Å². The fourth-order valence-corrected chi connectivity index (χ4v) is 3.52. The molecule has 2 aromatic rings. The molecule has 0 radical (unpaired) electrons. The normalized spacial score (nSPS) is 10.9. The van der Waals surface area contributed by atoms with E-state index in [1.165, 1.54) is 38.5 Å². The van der Waals surface area contributed by atoms with Gasteiger partial charge in [0.1, 0.15) is 5.75 Å². The molecule has 0 aliphatic heterocycles. The van der Waals surface area contributed by atoms with Crippen LogP contribution in [0.2, 0.25) is 0 Å². The Morgan fingerprint density at radius 1 is 0.815 bits per heavy atom. The molecule has 0 saturated heterocycles. The number of methoxy groups -OCH3 is 1. The lowest BCUT2D eigenvalue weighted by Crippen LogP contribution is -2.00. The molecule has 0 bridgehead atoms. The molecule has 3 nitrogen and oxygen atoms in total. The summed E-state index contributed by atoms with van der Waals surface area (Å²) in [5.74, 6) is 2.54. The quantitative estimate of drug-likeness (QED) is 0.232. The van der Waals surface area contributed by atoms with Crippen molar-refractivity contribution in [2.75, 3.05) is 25.7 Å². The van der Waals surface area contributed by atoms with Crippen molar-refractivity contribution in [3.05, 3.63) is 30.3 Å². The Bertz CT molecular complexity index is 672. The number of fused-ring (bicyclic) bond motifs is 1. The van der Waals surface area contributed by atoms with E-state index < -0.39 is 0 Å². The third-order valence-corrected chi connectivity index (χ3v) is 5.22. The highest BCUT2D eigenvalue weighted by atomic mass is 79.9. The molecule has 0 heterocycles. The highest BCUT2D eigenvalue weighted by Crippen LogP contribution is 2.37. The van der Waals surface area contributed by atoms with Gasteiger partial charge in [-0.05, 0) is 55.3 Å². The van der Waals surface area contributed by atoms with Crippen LogP contribution in [-0.2, 0) is 0 Å². The van der Waals surface area contributed by atoms with Crippen LogP contribution in [-0.4, -0.2) is 25.7 Å². The van der Waals surface area contributed by atoms with Crippen molar-refractivity contribution >= 4 is 26.7 Å². The maximum absolute atomic E-state index is 5.95. The van der Waals surface area contributed by atoms with Crippen LogP contribution in [0.15, 0.2) is 30.3 Å². The molecule has 0 N–H and O–H groups in total. The highest BCUT2D eigenvalue weighted by molar-refractivity contribution is 9.09. The lowest BCUT2D eigenvalue weighted by molar-refractivity contribution is 0.287. The Balaban J connectivity index is 1.95. The molecular formula is C23H33BrO3. The third-order valence-electron chi connectivity index (χ3n) is 4.66. The second kappa shape index (κ2) is 12.9. The molecule has 0 saturated carbocycles. The summed E-state index contributed by atoms with van der Waals surface area (Å²) in [4.78, 5) is 0. The van der Waals surface area contributed by atoms with E-state index in [0.717, 1.165) is 52.8 Å². The summed E-state index contributed by atoms with van der Waals surface area (Å²) in [6.45, 7) is 3.73. The van der Waals surface area contributed by atoms with E-state index in [2.05, 4.69) is 41.1 Å². The molecule has 27 heavy (non-hydrogen) atoms. The van der Waals surface area contributed by atoms with Gasteiger partial charge in [0.15, 0.2) is 11.5 Å². The zero-order valence-electron chi connectivity index (χ0n) is 16.8. The van der Waals surface area contributed by atoms with Gasteiger partial charge < -0.3 is 14.2 Å². The van der Waals surface area contributed by atoms with Gasteiger partial charge in [-0.3, -0.25) is 0 Å². The molecule has 150 valence electrons. The van der Waals surface area contributed by atoms with E-state index in [1.807, 2.05) is 12.1 Å². The van der Waals surface area contributed by atoms with Crippen molar-refractivity contribution in [3.63, 3.8) is 0 Å². The zero-order chi connectivity index (χ0) is 19.3. The smallest absolute Gasteiger partial charge is 0.168 e. The Morgan fingerprint density at radius 2 is 1.56 bits per heavy atom. The van der Waals surface area contributed by atoms with Crippen LogP contribution in [0.1, 0.15) is 58.3 Å². The lowest BCUT2D eigenvalue weighted by Gasteiger charge is -2.14. The zero-order valence-corrected chi connectivity index (χ0v) is 18.4. The largest absolute Gasteiger partial charge is 0.494 e. The van der Waals surface area contributed by atoms with Crippen LogP contribution in [0.5, 0.6) is 17.2 Å². The van der Waals surface area contributed by atoms with Crippen molar-refractivity contribution < 1.29 is 14.2 Å². The van der Waals surface area contributed by atoms with Crippen molar-refractivity contribution in [1.82, 2.24) is 0 Å². The monoisotopic (exact) mass is 436 g/mol. The molecule has 2 rings (SSSR count). The SMILES string of the molecule is CCCCCCCOc1ccc2c(OC)c(OCCCCCBr)ccc2c1. The summed E-state index contributed by atoms with van der Waals surface area (Å²) < 4.78 is 17.5. The first-order chi connectivity index (χ1) is 13.3. The van der Waals surface area contributed by atoms with Crippen molar-refractivity contribution in [2.45, 2.75) is 58.3 Å². The predicted molar refractivity (Wildman–Crippen MR) is 118 cm³/mol. The molecular weight excluding hydrogens is 404 g/mol.